The average Bonchev–Trinajstić information content (AvgIpc) is 2.78. The number of ether oxygens (including phenoxy) is 1. The van der Waals surface area contributed by atoms with Gasteiger partial charge in [-0.3, -0.25) is 9.59 Å². The number of rotatable bonds is 8. The summed E-state index contributed by atoms with van der Waals surface area (Å²) in [5.74, 6) is -0.457. The van der Waals surface area contributed by atoms with Crippen molar-refractivity contribution in [2.45, 2.75) is 19.8 Å². The first-order valence-corrected chi connectivity index (χ1v) is 9.94. The number of benzene rings is 3. The summed E-state index contributed by atoms with van der Waals surface area (Å²) in [6.45, 7) is 5.87. The lowest BCUT2D eigenvalue weighted by atomic mass is 10.0. The summed E-state index contributed by atoms with van der Waals surface area (Å²) in [7, 11) is 0. The first-order chi connectivity index (χ1) is 14.9. The topological polar surface area (TPSA) is 43.4 Å². The van der Waals surface area contributed by atoms with E-state index in [1.165, 1.54) is 30.3 Å². The van der Waals surface area contributed by atoms with Crippen LogP contribution in [-0.4, -0.2) is 11.8 Å². The van der Waals surface area contributed by atoms with Crippen molar-refractivity contribution in [3.05, 3.63) is 114 Å². The fourth-order valence-corrected chi connectivity index (χ4v) is 2.91. The molecule has 3 aromatic carbocycles. The van der Waals surface area contributed by atoms with Gasteiger partial charge in [-0.1, -0.05) is 54.6 Å². The number of ketones is 1. The molecule has 156 valence electrons. The van der Waals surface area contributed by atoms with Gasteiger partial charge in [0.2, 0.25) is 0 Å². The third kappa shape index (κ3) is 6.61. The number of hydrogen-bond donors (Lipinski definition) is 0. The Morgan fingerprint density at radius 3 is 2.13 bits per heavy atom. The van der Waals surface area contributed by atoms with Crippen LogP contribution in [0.25, 0.3) is 11.6 Å². The van der Waals surface area contributed by atoms with E-state index in [1.807, 2.05) is 31.2 Å². The standard InChI is InChI=1S/C27H23FO3/c1-19(2)22-9-3-20(4-10-22)8-18-27(30)31-25-15-5-21(6-16-25)7-17-26(29)23-11-13-24(28)14-12-23/h3-7,9-17H,1,8,18H2,2H3. The summed E-state index contributed by atoms with van der Waals surface area (Å²) in [5.41, 5.74) is 4.35. The predicted molar refractivity (Wildman–Crippen MR) is 121 cm³/mol. The second kappa shape index (κ2) is 10.3. The maximum Gasteiger partial charge on any atom is 0.311 e. The summed E-state index contributed by atoms with van der Waals surface area (Å²) in [4.78, 5) is 24.2. The fourth-order valence-electron chi connectivity index (χ4n) is 2.91. The highest BCUT2D eigenvalue weighted by atomic mass is 19.1. The van der Waals surface area contributed by atoms with Crippen LogP contribution in [0.15, 0.2) is 85.5 Å². The average molecular weight is 414 g/mol. The van der Waals surface area contributed by atoms with Gasteiger partial charge in [0.1, 0.15) is 11.6 Å². The Balaban J connectivity index is 1.50. The minimum absolute atomic E-state index is 0.216. The van der Waals surface area contributed by atoms with Crippen molar-refractivity contribution < 1.29 is 18.7 Å². The minimum Gasteiger partial charge on any atom is -0.427 e. The van der Waals surface area contributed by atoms with E-state index in [4.69, 9.17) is 4.74 Å². The Hall–Kier alpha value is -3.79. The first-order valence-electron chi connectivity index (χ1n) is 9.94. The van der Waals surface area contributed by atoms with E-state index in [0.29, 0.717) is 17.7 Å². The highest BCUT2D eigenvalue weighted by Crippen LogP contribution is 2.16. The van der Waals surface area contributed by atoms with Gasteiger partial charge in [-0.2, -0.15) is 0 Å². The van der Waals surface area contributed by atoms with Gasteiger partial charge in [0.25, 0.3) is 0 Å². The molecular weight excluding hydrogens is 391 g/mol. The molecule has 3 rings (SSSR count). The number of allylic oxidation sites excluding steroid dienone is 2. The number of carbonyl (C=O) groups is 2. The van der Waals surface area contributed by atoms with E-state index in [1.54, 1.807) is 30.3 Å². The second-order valence-corrected chi connectivity index (χ2v) is 7.22. The number of aryl methyl sites for hydroxylation is 1. The zero-order valence-electron chi connectivity index (χ0n) is 17.3. The molecule has 0 saturated heterocycles. The molecule has 0 heterocycles. The van der Waals surface area contributed by atoms with Gasteiger partial charge in [0.15, 0.2) is 5.78 Å². The quantitative estimate of drug-likeness (QED) is 0.188. The van der Waals surface area contributed by atoms with Crippen molar-refractivity contribution in [2.24, 2.45) is 0 Å². The maximum atomic E-state index is 12.9. The Kier molecular flexibility index (Phi) is 7.28. The molecule has 31 heavy (non-hydrogen) atoms. The minimum atomic E-state index is -0.383. The van der Waals surface area contributed by atoms with Gasteiger partial charge in [0, 0.05) is 12.0 Å². The van der Waals surface area contributed by atoms with Gasteiger partial charge in [0.05, 0.1) is 0 Å². The van der Waals surface area contributed by atoms with Crippen LogP contribution in [0, 0.1) is 5.82 Å². The lowest BCUT2D eigenvalue weighted by molar-refractivity contribution is -0.134. The van der Waals surface area contributed by atoms with Crippen molar-refractivity contribution in [1.29, 1.82) is 0 Å². The van der Waals surface area contributed by atoms with Gasteiger partial charge >= 0.3 is 5.97 Å². The van der Waals surface area contributed by atoms with Gasteiger partial charge in [-0.25, -0.2) is 4.39 Å². The molecule has 0 bridgehead atoms. The highest BCUT2D eigenvalue weighted by Gasteiger charge is 2.06. The van der Waals surface area contributed by atoms with Crippen LogP contribution in [0.1, 0.15) is 40.4 Å². The molecule has 0 spiro atoms. The molecule has 0 saturated carbocycles. The van der Waals surface area contributed by atoms with Crippen LogP contribution >= 0.6 is 0 Å². The molecule has 0 amide bonds. The second-order valence-electron chi connectivity index (χ2n) is 7.22. The summed E-state index contributed by atoms with van der Waals surface area (Å²) in [6, 6.07) is 20.2. The smallest absolute Gasteiger partial charge is 0.311 e. The molecule has 3 nitrogen and oxygen atoms in total. The SMILES string of the molecule is C=C(C)c1ccc(CCC(=O)Oc2ccc(C=CC(=O)c3ccc(F)cc3)cc2)cc1. The summed E-state index contributed by atoms with van der Waals surface area (Å²) in [5, 5.41) is 0. The van der Waals surface area contributed by atoms with E-state index in [2.05, 4.69) is 6.58 Å². The molecule has 0 aliphatic rings. The van der Waals surface area contributed by atoms with E-state index in [0.717, 1.165) is 22.3 Å². The van der Waals surface area contributed by atoms with E-state index < -0.39 is 0 Å². The fraction of sp³-hybridized carbons (Fsp3) is 0.111. The lowest BCUT2D eigenvalue weighted by Crippen LogP contribution is -2.09. The number of esters is 1. The van der Waals surface area contributed by atoms with E-state index in [-0.39, 0.29) is 24.0 Å². The summed E-state index contributed by atoms with van der Waals surface area (Å²) < 4.78 is 18.3. The van der Waals surface area contributed by atoms with Crippen LogP contribution in [0.3, 0.4) is 0 Å². The largest absolute Gasteiger partial charge is 0.427 e. The molecular formula is C27H23FO3. The number of carbonyl (C=O) groups excluding carboxylic acids is 2. The Morgan fingerprint density at radius 2 is 1.52 bits per heavy atom. The Labute approximate surface area is 181 Å². The first kappa shape index (κ1) is 21.9. The summed E-state index contributed by atoms with van der Waals surface area (Å²) >= 11 is 0. The zero-order valence-corrected chi connectivity index (χ0v) is 17.3. The molecule has 0 atom stereocenters. The van der Waals surface area contributed by atoms with Crippen molar-refractivity contribution >= 4 is 23.4 Å². The molecule has 0 fully saturated rings. The number of hydrogen-bond acceptors (Lipinski definition) is 3. The normalized spacial score (nSPS) is 10.8. The van der Waals surface area contributed by atoms with Crippen LogP contribution in [0.5, 0.6) is 5.75 Å². The van der Waals surface area contributed by atoms with Crippen molar-refractivity contribution in [3.63, 3.8) is 0 Å². The molecule has 0 N–H and O–H groups in total. The molecule has 0 aliphatic carbocycles. The number of halogens is 1. The van der Waals surface area contributed by atoms with Crippen molar-refractivity contribution in [2.75, 3.05) is 0 Å². The van der Waals surface area contributed by atoms with E-state index >= 15 is 0 Å². The Bertz CT molecular complexity index is 1090. The zero-order chi connectivity index (χ0) is 22.2. The molecule has 0 unspecified atom stereocenters. The third-order valence-electron chi connectivity index (χ3n) is 4.73. The van der Waals surface area contributed by atoms with Crippen molar-refractivity contribution in [1.82, 2.24) is 0 Å². The van der Waals surface area contributed by atoms with E-state index in [9.17, 15) is 14.0 Å². The molecule has 0 aliphatic heterocycles. The van der Waals surface area contributed by atoms with Crippen molar-refractivity contribution in [3.8, 4) is 5.75 Å². The Morgan fingerprint density at radius 1 is 0.903 bits per heavy atom. The van der Waals surface area contributed by atoms with Crippen LogP contribution < -0.4 is 4.74 Å². The van der Waals surface area contributed by atoms with Crippen LogP contribution in [0.4, 0.5) is 4.39 Å². The van der Waals surface area contributed by atoms with Gasteiger partial charge in [-0.15, -0.1) is 0 Å². The predicted octanol–water partition coefficient (Wildman–Crippen LogP) is 6.29. The van der Waals surface area contributed by atoms with Gasteiger partial charge < -0.3 is 4.74 Å². The third-order valence-corrected chi connectivity index (χ3v) is 4.73. The summed E-state index contributed by atoms with van der Waals surface area (Å²) in [6.07, 6.45) is 3.96. The maximum absolute atomic E-state index is 12.9. The lowest BCUT2D eigenvalue weighted by Gasteiger charge is -2.06. The van der Waals surface area contributed by atoms with Crippen LogP contribution in [0.2, 0.25) is 0 Å². The molecule has 3 aromatic rings. The molecule has 0 radical (unpaired) electrons. The highest BCUT2D eigenvalue weighted by molar-refractivity contribution is 6.06. The monoisotopic (exact) mass is 414 g/mol. The molecule has 4 heteroatoms. The van der Waals surface area contributed by atoms with Crippen LogP contribution in [-0.2, 0) is 11.2 Å². The van der Waals surface area contributed by atoms with Gasteiger partial charge in [-0.05, 0) is 72.5 Å². The molecule has 0 aromatic heterocycles.